The van der Waals surface area contributed by atoms with Gasteiger partial charge < -0.3 is 20.1 Å². The molecule has 2 unspecified atom stereocenters. The van der Waals surface area contributed by atoms with Crippen LogP contribution in [-0.2, 0) is 16.1 Å². The van der Waals surface area contributed by atoms with E-state index in [-0.39, 0.29) is 43.1 Å². The van der Waals surface area contributed by atoms with Crippen molar-refractivity contribution in [2.45, 2.75) is 63.8 Å². The van der Waals surface area contributed by atoms with Crippen LogP contribution in [0, 0.1) is 10.1 Å². The molecule has 1 aliphatic carbocycles. The molecule has 1 saturated heterocycles. The van der Waals surface area contributed by atoms with E-state index < -0.39 is 11.1 Å². The maximum atomic E-state index is 13.4. The standard InChI is InChI=1S/C18H26FN3O4/c1-11-8-21(9-12(2)26-11)15-3-13(4-16(7-15)22(23)24)10-25-18-6-14(19)5-17(18)20/h3-4,7,11-12,14,17-18H,5-6,8-10,20H2,1-2H3/t11-,12+,14?,17-,18?/m1/s1. The van der Waals surface area contributed by atoms with Gasteiger partial charge in [-0.1, -0.05) is 0 Å². The van der Waals surface area contributed by atoms with E-state index in [2.05, 4.69) is 4.90 Å². The number of nitrogens with two attached hydrogens (primary N) is 1. The highest BCUT2D eigenvalue weighted by Gasteiger charge is 2.32. The number of halogens is 1. The summed E-state index contributed by atoms with van der Waals surface area (Å²) < 4.78 is 24.9. The lowest BCUT2D eigenvalue weighted by molar-refractivity contribution is -0.384. The molecule has 1 aromatic rings. The molecular weight excluding hydrogens is 341 g/mol. The van der Waals surface area contributed by atoms with E-state index in [4.69, 9.17) is 15.2 Å². The lowest BCUT2D eigenvalue weighted by Crippen LogP contribution is -2.45. The van der Waals surface area contributed by atoms with Crippen molar-refractivity contribution in [2.75, 3.05) is 18.0 Å². The molecule has 1 aliphatic heterocycles. The molecule has 7 nitrogen and oxygen atoms in total. The molecule has 0 bridgehead atoms. The third-order valence-electron chi connectivity index (χ3n) is 4.92. The van der Waals surface area contributed by atoms with Gasteiger partial charge in [0.15, 0.2) is 0 Å². The molecule has 0 radical (unpaired) electrons. The number of nitrogens with zero attached hydrogens (tertiary/aromatic N) is 2. The van der Waals surface area contributed by atoms with Gasteiger partial charge >= 0.3 is 0 Å². The van der Waals surface area contributed by atoms with Crippen LogP contribution in [0.4, 0.5) is 15.8 Å². The number of morpholine rings is 1. The van der Waals surface area contributed by atoms with E-state index in [0.29, 0.717) is 25.1 Å². The third kappa shape index (κ3) is 4.49. The fraction of sp³-hybridized carbons (Fsp3) is 0.667. The van der Waals surface area contributed by atoms with Gasteiger partial charge in [0, 0.05) is 43.4 Å². The molecule has 0 amide bonds. The molecule has 1 saturated carbocycles. The average Bonchev–Trinajstić information content (AvgIpc) is 2.89. The normalized spacial score (nSPS) is 32.0. The molecule has 0 aromatic heterocycles. The summed E-state index contributed by atoms with van der Waals surface area (Å²) in [6.45, 7) is 5.48. The number of benzene rings is 1. The summed E-state index contributed by atoms with van der Waals surface area (Å²) in [4.78, 5) is 13.0. The highest BCUT2D eigenvalue weighted by atomic mass is 19.1. The number of ether oxygens (including phenoxy) is 2. The van der Waals surface area contributed by atoms with Crippen molar-refractivity contribution in [3.8, 4) is 0 Å². The van der Waals surface area contributed by atoms with Gasteiger partial charge in [0.2, 0.25) is 0 Å². The van der Waals surface area contributed by atoms with Gasteiger partial charge in [-0.05, 0) is 31.9 Å². The van der Waals surface area contributed by atoms with Crippen LogP contribution in [0.15, 0.2) is 18.2 Å². The van der Waals surface area contributed by atoms with Gasteiger partial charge in [-0.3, -0.25) is 10.1 Å². The maximum Gasteiger partial charge on any atom is 0.271 e. The van der Waals surface area contributed by atoms with Gasteiger partial charge in [-0.25, -0.2) is 4.39 Å². The highest BCUT2D eigenvalue weighted by molar-refractivity contribution is 5.56. The summed E-state index contributed by atoms with van der Waals surface area (Å²) in [5.74, 6) is 0. The Bertz CT molecular complexity index is 649. The Kier molecular flexibility index (Phi) is 5.74. The number of anilines is 1. The number of nitro groups is 1. The zero-order chi connectivity index (χ0) is 18.8. The number of alkyl halides is 1. The fourth-order valence-corrected chi connectivity index (χ4v) is 3.78. The first-order valence-corrected chi connectivity index (χ1v) is 9.02. The predicted molar refractivity (Wildman–Crippen MR) is 96.0 cm³/mol. The quantitative estimate of drug-likeness (QED) is 0.635. The van der Waals surface area contributed by atoms with Crippen molar-refractivity contribution in [3.63, 3.8) is 0 Å². The van der Waals surface area contributed by atoms with Gasteiger partial charge in [0.25, 0.3) is 5.69 Å². The van der Waals surface area contributed by atoms with Crippen LogP contribution < -0.4 is 10.6 Å². The first kappa shape index (κ1) is 19.0. The van der Waals surface area contributed by atoms with Crippen LogP contribution in [0.5, 0.6) is 0 Å². The highest BCUT2D eigenvalue weighted by Crippen LogP contribution is 2.29. The summed E-state index contributed by atoms with van der Waals surface area (Å²) in [6, 6.07) is 4.65. The summed E-state index contributed by atoms with van der Waals surface area (Å²) in [5, 5.41) is 11.3. The van der Waals surface area contributed by atoms with E-state index >= 15 is 0 Å². The molecule has 2 aliphatic rings. The van der Waals surface area contributed by atoms with Gasteiger partial charge in [0.05, 0.1) is 29.8 Å². The molecule has 26 heavy (non-hydrogen) atoms. The minimum atomic E-state index is -0.938. The minimum absolute atomic E-state index is 0.0204. The largest absolute Gasteiger partial charge is 0.372 e. The number of hydrogen-bond acceptors (Lipinski definition) is 6. The molecule has 2 fully saturated rings. The van der Waals surface area contributed by atoms with Crippen molar-refractivity contribution in [1.82, 2.24) is 0 Å². The van der Waals surface area contributed by atoms with Gasteiger partial charge in [0.1, 0.15) is 6.17 Å². The molecule has 3 rings (SSSR count). The van der Waals surface area contributed by atoms with Crippen molar-refractivity contribution < 1.29 is 18.8 Å². The van der Waals surface area contributed by atoms with Crippen molar-refractivity contribution in [2.24, 2.45) is 5.73 Å². The van der Waals surface area contributed by atoms with E-state index in [9.17, 15) is 14.5 Å². The van der Waals surface area contributed by atoms with Crippen LogP contribution in [0.2, 0.25) is 0 Å². The lowest BCUT2D eigenvalue weighted by atomic mass is 10.1. The third-order valence-corrected chi connectivity index (χ3v) is 4.92. The molecule has 1 heterocycles. The number of rotatable bonds is 5. The van der Waals surface area contributed by atoms with E-state index in [1.807, 2.05) is 19.9 Å². The second-order valence-electron chi connectivity index (χ2n) is 7.36. The first-order valence-electron chi connectivity index (χ1n) is 9.02. The van der Waals surface area contributed by atoms with Crippen LogP contribution in [-0.4, -0.2) is 48.5 Å². The number of non-ortho nitro benzene ring substituents is 1. The van der Waals surface area contributed by atoms with Crippen molar-refractivity contribution >= 4 is 11.4 Å². The van der Waals surface area contributed by atoms with Gasteiger partial charge in [-0.2, -0.15) is 0 Å². The molecule has 144 valence electrons. The van der Waals surface area contributed by atoms with E-state index in [1.165, 1.54) is 6.07 Å². The zero-order valence-corrected chi connectivity index (χ0v) is 15.1. The van der Waals surface area contributed by atoms with Crippen LogP contribution in [0.1, 0.15) is 32.3 Å². The Morgan fingerprint density at radius 1 is 1.31 bits per heavy atom. The fourth-order valence-electron chi connectivity index (χ4n) is 3.78. The SMILES string of the molecule is C[C@@H]1CN(c2cc(COC3CC(F)C[C@H]3N)cc([N+](=O)[O-])c2)C[C@H](C)O1. The molecule has 8 heteroatoms. The first-order chi connectivity index (χ1) is 12.3. The van der Waals surface area contributed by atoms with E-state index in [1.54, 1.807) is 6.07 Å². The summed E-state index contributed by atoms with van der Waals surface area (Å²) in [5.41, 5.74) is 7.38. The molecule has 2 N–H and O–H groups in total. The zero-order valence-electron chi connectivity index (χ0n) is 15.1. The average molecular weight is 367 g/mol. The minimum Gasteiger partial charge on any atom is -0.372 e. The number of hydrogen-bond donors (Lipinski definition) is 1. The summed E-state index contributed by atoms with van der Waals surface area (Å²) in [7, 11) is 0. The second-order valence-corrected chi connectivity index (χ2v) is 7.36. The smallest absolute Gasteiger partial charge is 0.271 e. The second kappa shape index (κ2) is 7.85. The molecule has 5 atom stereocenters. The lowest BCUT2D eigenvalue weighted by Gasteiger charge is -2.37. The summed E-state index contributed by atoms with van der Waals surface area (Å²) in [6.07, 6.45) is -0.606. The van der Waals surface area contributed by atoms with Crippen LogP contribution >= 0.6 is 0 Å². The maximum absolute atomic E-state index is 13.4. The Labute approximate surface area is 152 Å². The Balaban J connectivity index is 1.77. The monoisotopic (exact) mass is 367 g/mol. The Hall–Kier alpha value is -1.77. The topological polar surface area (TPSA) is 90.9 Å². The molecule has 0 spiro atoms. The number of nitro benzene ring substituents is 1. The van der Waals surface area contributed by atoms with Crippen molar-refractivity contribution in [3.05, 3.63) is 33.9 Å². The van der Waals surface area contributed by atoms with Crippen LogP contribution in [0.3, 0.4) is 0 Å². The Morgan fingerprint density at radius 3 is 2.58 bits per heavy atom. The molecular formula is C18H26FN3O4. The Morgan fingerprint density at radius 2 is 2.00 bits per heavy atom. The van der Waals surface area contributed by atoms with Crippen LogP contribution in [0.25, 0.3) is 0 Å². The summed E-state index contributed by atoms with van der Waals surface area (Å²) >= 11 is 0. The van der Waals surface area contributed by atoms with E-state index in [0.717, 1.165) is 5.69 Å². The van der Waals surface area contributed by atoms with Crippen molar-refractivity contribution in [1.29, 1.82) is 0 Å². The predicted octanol–water partition coefficient (Wildman–Crippen LogP) is 2.55. The molecule has 1 aromatic carbocycles. The van der Waals surface area contributed by atoms with Gasteiger partial charge in [-0.15, -0.1) is 0 Å².